The summed E-state index contributed by atoms with van der Waals surface area (Å²) in [5, 5.41) is 0.489. The molecule has 2 amide bonds. The van der Waals surface area contributed by atoms with E-state index in [1.54, 1.807) is 12.1 Å². The molecule has 1 fully saturated rings. The fraction of sp³-hybridized carbons (Fsp3) is 0.263. The highest BCUT2D eigenvalue weighted by molar-refractivity contribution is 7.89. The summed E-state index contributed by atoms with van der Waals surface area (Å²) in [4.78, 5) is 23.9. The number of hydrogen-bond acceptors (Lipinski definition) is 4. The van der Waals surface area contributed by atoms with E-state index in [-0.39, 0.29) is 30.8 Å². The molecule has 2 aromatic carbocycles. The highest BCUT2D eigenvalue weighted by atomic mass is 35.5. The van der Waals surface area contributed by atoms with Crippen LogP contribution >= 0.6 is 11.6 Å². The number of carbonyl (C=O) groups is 2. The van der Waals surface area contributed by atoms with Crippen LogP contribution in [-0.4, -0.2) is 37.6 Å². The number of sulfonamides is 1. The maximum atomic E-state index is 13.9. The number of rotatable bonds is 4. The number of piperidine rings is 1. The molecule has 1 aliphatic rings. The normalized spacial score (nSPS) is 15.7. The third-order valence-electron chi connectivity index (χ3n) is 4.68. The van der Waals surface area contributed by atoms with Crippen LogP contribution in [0.4, 0.5) is 4.39 Å². The lowest BCUT2D eigenvalue weighted by molar-refractivity contribution is -0.126. The molecule has 0 spiro atoms. The van der Waals surface area contributed by atoms with Gasteiger partial charge in [0.05, 0.1) is 0 Å². The summed E-state index contributed by atoms with van der Waals surface area (Å²) in [7, 11) is -3.96. The fourth-order valence-corrected chi connectivity index (χ4v) is 4.71. The molecule has 0 radical (unpaired) electrons. The van der Waals surface area contributed by atoms with Crippen molar-refractivity contribution in [3.05, 3.63) is 64.9 Å². The second-order valence-electron chi connectivity index (χ2n) is 6.56. The van der Waals surface area contributed by atoms with E-state index in [4.69, 9.17) is 11.6 Å². The van der Waals surface area contributed by atoms with Crippen molar-refractivity contribution in [2.45, 2.75) is 17.7 Å². The molecule has 2 aromatic rings. The van der Waals surface area contributed by atoms with Crippen LogP contribution in [-0.2, 0) is 14.8 Å². The molecule has 2 N–H and O–H groups in total. The second-order valence-corrected chi connectivity index (χ2v) is 8.90. The van der Waals surface area contributed by atoms with Gasteiger partial charge in [0.25, 0.3) is 5.91 Å². The number of halogens is 2. The molecular weight excluding hydrogens is 421 g/mol. The molecule has 1 heterocycles. The first-order chi connectivity index (χ1) is 13.8. The number of amides is 2. The Bertz CT molecular complexity index is 1010. The summed E-state index contributed by atoms with van der Waals surface area (Å²) in [6.07, 6.45) is 0.520. The molecule has 154 valence electrons. The summed E-state index contributed by atoms with van der Waals surface area (Å²) < 4.78 is 40.2. The van der Waals surface area contributed by atoms with Crippen LogP contribution < -0.4 is 10.9 Å². The topological polar surface area (TPSA) is 95.6 Å². The van der Waals surface area contributed by atoms with Crippen LogP contribution in [0, 0.1) is 11.7 Å². The highest BCUT2D eigenvalue weighted by Gasteiger charge is 2.33. The average molecular weight is 440 g/mol. The average Bonchev–Trinajstić information content (AvgIpc) is 2.72. The zero-order valence-corrected chi connectivity index (χ0v) is 16.8. The van der Waals surface area contributed by atoms with Crippen LogP contribution in [0.25, 0.3) is 0 Å². The Morgan fingerprint density at radius 1 is 1.00 bits per heavy atom. The van der Waals surface area contributed by atoms with E-state index in [1.165, 1.54) is 34.6 Å². The molecule has 3 rings (SSSR count). The molecule has 1 saturated heterocycles. The predicted octanol–water partition coefficient (Wildman–Crippen LogP) is 2.34. The van der Waals surface area contributed by atoms with Gasteiger partial charge < -0.3 is 0 Å². The highest BCUT2D eigenvalue weighted by Crippen LogP contribution is 2.25. The molecule has 1 aliphatic heterocycles. The Labute approximate surface area is 172 Å². The van der Waals surface area contributed by atoms with E-state index >= 15 is 0 Å². The maximum Gasteiger partial charge on any atom is 0.269 e. The van der Waals surface area contributed by atoms with Crippen LogP contribution in [0.5, 0.6) is 0 Å². The minimum absolute atomic E-state index is 0.0832. The molecule has 29 heavy (non-hydrogen) atoms. The Hall–Kier alpha value is -2.49. The standard InChI is InChI=1S/C19H19ClFN3O4S/c20-15-7-5-13(6-8-15)18(25)22-23-19(26)14-9-11-24(12-10-14)29(27,28)17-4-2-1-3-16(17)21/h1-8,14H,9-12H2,(H,22,25)(H,23,26). The van der Waals surface area contributed by atoms with Crippen molar-refractivity contribution < 1.29 is 22.4 Å². The molecule has 0 bridgehead atoms. The summed E-state index contributed by atoms with van der Waals surface area (Å²) in [5.74, 6) is -2.17. The van der Waals surface area contributed by atoms with Crippen LogP contribution in [0.2, 0.25) is 5.02 Å². The Kier molecular flexibility index (Phi) is 6.51. The van der Waals surface area contributed by atoms with Crippen LogP contribution in [0.15, 0.2) is 53.4 Å². The molecule has 0 aromatic heterocycles. The SMILES string of the molecule is O=C(NNC(=O)C1CCN(S(=O)(=O)c2ccccc2F)CC1)c1ccc(Cl)cc1. The third-order valence-corrected chi connectivity index (χ3v) is 6.87. The van der Waals surface area contributed by atoms with Crippen molar-refractivity contribution >= 4 is 33.4 Å². The minimum atomic E-state index is -3.96. The minimum Gasteiger partial charge on any atom is -0.273 e. The van der Waals surface area contributed by atoms with E-state index in [2.05, 4.69) is 10.9 Å². The van der Waals surface area contributed by atoms with E-state index in [9.17, 15) is 22.4 Å². The number of nitrogens with one attached hydrogen (secondary N) is 2. The largest absolute Gasteiger partial charge is 0.273 e. The Morgan fingerprint density at radius 2 is 1.62 bits per heavy atom. The van der Waals surface area contributed by atoms with E-state index in [0.29, 0.717) is 10.6 Å². The van der Waals surface area contributed by atoms with Gasteiger partial charge in [-0.25, -0.2) is 12.8 Å². The molecule has 0 aliphatic carbocycles. The lowest BCUT2D eigenvalue weighted by Crippen LogP contribution is -2.48. The number of benzene rings is 2. The number of hydrazine groups is 1. The van der Waals surface area contributed by atoms with Gasteiger partial charge in [-0.15, -0.1) is 0 Å². The van der Waals surface area contributed by atoms with Gasteiger partial charge in [0, 0.05) is 29.6 Å². The monoisotopic (exact) mass is 439 g/mol. The molecular formula is C19H19ClFN3O4S. The van der Waals surface area contributed by atoms with Crippen LogP contribution in [0.1, 0.15) is 23.2 Å². The summed E-state index contributed by atoms with van der Waals surface area (Å²) in [6.45, 7) is 0.166. The summed E-state index contributed by atoms with van der Waals surface area (Å²) in [6, 6.07) is 11.4. The van der Waals surface area contributed by atoms with Crippen molar-refractivity contribution in [2.24, 2.45) is 5.92 Å². The fourth-order valence-electron chi connectivity index (χ4n) is 3.05. The van der Waals surface area contributed by atoms with E-state index in [0.717, 1.165) is 6.07 Å². The number of carbonyl (C=O) groups excluding carboxylic acids is 2. The Morgan fingerprint density at radius 3 is 2.24 bits per heavy atom. The van der Waals surface area contributed by atoms with Gasteiger partial charge in [0.1, 0.15) is 10.7 Å². The quantitative estimate of drug-likeness (QED) is 0.715. The zero-order chi connectivity index (χ0) is 21.0. The number of nitrogens with zero attached hydrogens (tertiary/aromatic N) is 1. The van der Waals surface area contributed by atoms with E-state index in [1.807, 2.05) is 0 Å². The molecule has 7 nitrogen and oxygen atoms in total. The van der Waals surface area contributed by atoms with Crippen molar-refractivity contribution in [3.63, 3.8) is 0 Å². The first-order valence-corrected chi connectivity index (χ1v) is 10.7. The Balaban J connectivity index is 1.53. The molecule has 0 atom stereocenters. The smallest absolute Gasteiger partial charge is 0.269 e. The molecule has 0 saturated carbocycles. The van der Waals surface area contributed by atoms with Crippen molar-refractivity contribution in [1.82, 2.24) is 15.2 Å². The lowest BCUT2D eigenvalue weighted by Gasteiger charge is -2.30. The van der Waals surface area contributed by atoms with Crippen LogP contribution in [0.3, 0.4) is 0 Å². The predicted molar refractivity (Wildman–Crippen MR) is 105 cm³/mol. The molecule has 10 heteroatoms. The van der Waals surface area contributed by atoms with Gasteiger partial charge in [0.15, 0.2) is 0 Å². The first-order valence-electron chi connectivity index (χ1n) is 8.89. The van der Waals surface area contributed by atoms with Crippen molar-refractivity contribution in [2.75, 3.05) is 13.1 Å². The lowest BCUT2D eigenvalue weighted by atomic mass is 9.98. The zero-order valence-electron chi connectivity index (χ0n) is 15.3. The van der Waals surface area contributed by atoms with Gasteiger partial charge in [-0.3, -0.25) is 20.4 Å². The first kappa shape index (κ1) is 21.2. The van der Waals surface area contributed by atoms with Crippen molar-refractivity contribution in [3.8, 4) is 0 Å². The number of hydrogen-bond donors (Lipinski definition) is 2. The van der Waals surface area contributed by atoms with Gasteiger partial charge >= 0.3 is 0 Å². The summed E-state index contributed by atoms with van der Waals surface area (Å²) >= 11 is 5.77. The van der Waals surface area contributed by atoms with Gasteiger partial charge in [0.2, 0.25) is 15.9 Å². The van der Waals surface area contributed by atoms with Crippen molar-refractivity contribution in [1.29, 1.82) is 0 Å². The van der Waals surface area contributed by atoms with Gasteiger partial charge in [-0.2, -0.15) is 4.31 Å². The van der Waals surface area contributed by atoms with Gasteiger partial charge in [-0.05, 0) is 49.2 Å². The summed E-state index contributed by atoms with van der Waals surface area (Å²) in [5.41, 5.74) is 5.02. The van der Waals surface area contributed by atoms with E-state index < -0.39 is 33.6 Å². The second kappa shape index (κ2) is 8.89. The molecule has 0 unspecified atom stereocenters. The van der Waals surface area contributed by atoms with Gasteiger partial charge in [-0.1, -0.05) is 23.7 Å². The maximum absolute atomic E-state index is 13.9. The third kappa shape index (κ3) is 4.92.